The molecule has 2 rings (SSSR count). The summed E-state index contributed by atoms with van der Waals surface area (Å²) in [6.07, 6.45) is -2.80. The highest BCUT2D eigenvalue weighted by Gasteiger charge is 2.49. The predicted octanol–water partition coefficient (Wildman–Crippen LogP) is 1.52. The van der Waals surface area contributed by atoms with Gasteiger partial charge in [-0.25, -0.2) is 9.18 Å². The lowest BCUT2D eigenvalue weighted by molar-refractivity contribution is -0.153. The van der Waals surface area contributed by atoms with Crippen LogP contribution in [0.25, 0.3) is 0 Å². The van der Waals surface area contributed by atoms with Crippen LogP contribution >= 0.6 is 11.8 Å². The van der Waals surface area contributed by atoms with E-state index in [1.54, 1.807) is 20.8 Å². The summed E-state index contributed by atoms with van der Waals surface area (Å²) in [6, 6.07) is -0.702. The van der Waals surface area contributed by atoms with Crippen LogP contribution in [-0.4, -0.2) is 75.0 Å². The van der Waals surface area contributed by atoms with E-state index in [0.717, 1.165) is 16.7 Å². The monoisotopic (exact) mass is 364 g/mol. The Balaban J connectivity index is 2.16. The zero-order valence-electron chi connectivity index (χ0n) is 14.3. The second kappa shape index (κ2) is 7.55. The predicted molar refractivity (Wildman–Crippen MR) is 88.7 cm³/mol. The van der Waals surface area contributed by atoms with Crippen molar-refractivity contribution in [2.24, 2.45) is 4.99 Å². The summed E-state index contributed by atoms with van der Waals surface area (Å²) >= 11 is 1.14. The van der Waals surface area contributed by atoms with Crippen LogP contribution < -0.4 is 0 Å². The molecule has 0 unspecified atom stereocenters. The van der Waals surface area contributed by atoms with Crippen LogP contribution in [0, 0.1) is 0 Å². The second-order valence-corrected chi connectivity index (χ2v) is 7.84. The number of fused-ring (bicyclic) bond motifs is 1. The fourth-order valence-electron chi connectivity index (χ4n) is 2.55. The van der Waals surface area contributed by atoms with Gasteiger partial charge < -0.3 is 19.7 Å². The number of carbonyl (C=O) groups excluding carboxylic acids is 1. The van der Waals surface area contributed by atoms with Crippen molar-refractivity contribution in [2.75, 3.05) is 13.2 Å². The normalized spacial score (nSPS) is 33.0. The minimum Gasteiger partial charge on any atom is -0.443 e. The number of rotatable bonds is 3. The van der Waals surface area contributed by atoms with Gasteiger partial charge in [0.25, 0.3) is 0 Å². The van der Waals surface area contributed by atoms with Crippen LogP contribution in [0.4, 0.5) is 9.18 Å². The van der Waals surface area contributed by atoms with Crippen LogP contribution in [0.5, 0.6) is 0 Å². The average molecular weight is 364 g/mol. The van der Waals surface area contributed by atoms with Gasteiger partial charge in [-0.05, 0) is 27.2 Å². The molecule has 0 radical (unpaired) electrons. The maximum absolute atomic E-state index is 12.9. The molecular formula is C15H25FN2O5S. The Hall–Kier alpha value is -0.900. The number of hydrogen-bond acceptors (Lipinski definition) is 7. The first kappa shape index (κ1) is 19.4. The van der Waals surface area contributed by atoms with Crippen molar-refractivity contribution in [1.82, 2.24) is 4.90 Å². The number of hydrogen-bond donors (Lipinski definition) is 2. The van der Waals surface area contributed by atoms with Crippen molar-refractivity contribution >= 4 is 23.0 Å². The number of amides is 1. The van der Waals surface area contributed by atoms with Gasteiger partial charge in [-0.2, -0.15) is 0 Å². The first-order valence-corrected chi connectivity index (χ1v) is 8.88. The molecule has 1 amide bonds. The third-order valence-electron chi connectivity index (χ3n) is 3.70. The fourth-order valence-corrected chi connectivity index (χ4v) is 3.79. The largest absolute Gasteiger partial charge is 0.443 e. The number of carbonyl (C=O) groups is 1. The van der Waals surface area contributed by atoms with Gasteiger partial charge in [-0.3, -0.25) is 9.89 Å². The van der Waals surface area contributed by atoms with Crippen molar-refractivity contribution in [3.63, 3.8) is 0 Å². The van der Waals surface area contributed by atoms with Crippen molar-refractivity contribution < 1.29 is 28.9 Å². The zero-order valence-corrected chi connectivity index (χ0v) is 15.1. The molecule has 5 atom stereocenters. The van der Waals surface area contributed by atoms with Gasteiger partial charge in [0.2, 0.25) is 0 Å². The average Bonchev–Trinajstić information content (AvgIpc) is 2.90. The molecule has 7 nitrogen and oxygen atoms in total. The van der Waals surface area contributed by atoms with E-state index in [4.69, 9.17) is 9.47 Å². The quantitative estimate of drug-likeness (QED) is 0.789. The minimum absolute atomic E-state index is 0.198. The molecule has 1 saturated heterocycles. The number of thioether (sulfide) groups is 1. The van der Waals surface area contributed by atoms with Crippen LogP contribution in [0.2, 0.25) is 0 Å². The number of halogens is 1. The lowest BCUT2D eigenvalue weighted by atomic mass is 9.97. The van der Waals surface area contributed by atoms with Gasteiger partial charge in [0.1, 0.15) is 36.0 Å². The molecule has 0 spiro atoms. The van der Waals surface area contributed by atoms with Gasteiger partial charge in [0.15, 0.2) is 5.17 Å². The van der Waals surface area contributed by atoms with Gasteiger partial charge in [-0.1, -0.05) is 18.7 Å². The van der Waals surface area contributed by atoms with E-state index in [9.17, 15) is 19.4 Å². The molecule has 24 heavy (non-hydrogen) atoms. The molecule has 2 N–H and O–H groups in total. The van der Waals surface area contributed by atoms with E-state index >= 15 is 0 Å². The molecule has 0 aromatic carbocycles. The van der Waals surface area contributed by atoms with Crippen LogP contribution in [0.15, 0.2) is 4.99 Å². The number of nitrogens with zero attached hydrogens (tertiary/aromatic N) is 2. The molecule has 2 heterocycles. The zero-order chi connectivity index (χ0) is 18.1. The number of ether oxygens (including phenoxy) is 2. The third kappa shape index (κ3) is 4.19. The highest BCUT2D eigenvalue weighted by molar-refractivity contribution is 8.14. The summed E-state index contributed by atoms with van der Waals surface area (Å²) in [5, 5.41) is 20.5. The summed E-state index contributed by atoms with van der Waals surface area (Å²) < 4.78 is 23.9. The standard InChI is InChI=1S/C15H25FN2O5S/c1-5-8-10(19)11(20)9-12(22-8)24-13(17-9)18(7-6-16)14(21)23-15(2,3)4/h8-12,19-20H,5-7H2,1-4H3/t8-,9-,10-,11-,12-/m1/s1. The van der Waals surface area contributed by atoms with Crippen LogP contribution in [0.1, 0.15) is 34.1 Å². The SMILES string of the molecule is CC[C@H]1O[C@@H]2SC(N(CCF)C(=O)OC(C)(C)C)=N[C@@H]2[C@@H](O)[C@@H]1O. The lowest BCUT2D eigenvalue weighted by Gasteiger charge is -2.37. The Labute approximate surface area is 145 Å². The number of aliphatic imine (C=N–C) groups is 1. The third-order valence-corrected chi connectivity index (χ3v) is 4.86. The Morgan fingerprint density at radius 3 is 2.62 bits per heavy atom. The van der Waals surface area contributed by atoms with Gasteiger partial charge >= 0.3 is 6.09 Å². The van der Waals surface area contributed by atoms with E-state index in [2.05, 4.69) is 4.99 Å². The molecule has 2 aliphatic rings. The van der Waals surface area contributed by atoms with Crippen LogP contribution in [0.3, 0.4) is 0 Å². The van der Waals surface area contributed by atoms with Crippen molar-refractivity contribution in [2.45, 2.75) is 69.5 Å². The minimum atomic E-state index is -1.09. The smallest absolute Gasteiger partial charge is 0.416 e. The molecule has 9 heteroatoms. The van der Waals surface area contributed by atoms with E-state index in [1.807, 2.05) is 6.92 Å². The van der Waals surface area contributed by atoms with E-state index in [-0.39, 0.29) is 11.7 Å². The van der Waals surface area contributed by atoms with E-state index < -0.39 is 48.2 Å². The Morgan fingerprint density at radius 2 is 2.08 bits per heavy atom. The molecule has 2 aliphatic heterocycles. The molecule has 0 aromatic rings. The Morgan fingerprint density at radius 1 is 1.42 bits per heavy atom. The van der Waals surface area contributed by atoms with Gasteiger partial charge in [0.05, 0.1) is 12.6 Å². The molecule has 138 valence electrons. The summed E-state index contributed by atoms with van der Waals surface area (Å²) in [6.45, 7) is 6.05. The van der Waals surface area contributed by atoms with Crippen LogP contribution in [-0.2, 0) is 9.47 Å². The van der Waals surface area contributed by atoms with Gasteiger partial charge in [-0.15, -0.1) is 0 Å². The van der Waals surface area contributed by atoms with E-state index in [0.29, 0.717) is 6.42 Å². The number of aliphatic hydroxyl groups is 2. The van der Waals surface area contributed by atoms with Crippen molar-refractivity contribution in [3.8, 4) is 0 Å². The van der Waals surface area contributed by atoms with Gasteiger partial charge in [0, 0.05) is 0 Å². The maximum atomic E-state index is 12.9. The Kier molecular flexibility index (Phi) is 6.11. The molecule has 0 aliphatic carbocycles. The fraction of sp³-hybridized carbons (Fsp3) is 0.867. The summed E-state index contributed by atoms with van der Waals surface area (Å²) in [5.74, 6) is 0. The first-order chi connectivity index (χ1) is 11.2. The molecule has 1 fully saturated rings. The molecule has 0 saturated carbocycles. The number of amidine groups is 1. The topological polar surface area (TPSA) is 91.6 Å². The van der Waals surface area contributed by atoms with Crippen molar-refractivity contribution in [1.29, 1.82) is 0 Å². The summed E-state index contributed by atoms with van der Waals surface area (Å²) in [5.41, 5.74) is -1.24. The summed E-state index contributed by atoms with van der Waals surface area (Å²) in [4.78, 5) is 17.7. The first-order valence-electron chi connectivity index (χ1n) is 8.00. The molecular weight excluding hydrogens is 339 g/mol. The lowest BCUT2D eigenvalue weighted by Crippen LogP contribution is -2.54. The highest BCUT2D eigenvalue weighted by atomic mass is 32.2. The maximum Gasteiger partial charge on any atom is 0.416 e. The Bertz CT molecular complexity index is 499. The van der Waals surface area contributed by atoms with Crippen molar-refractivity contribution in [3.05, 3.63) is 0 Å². The molecule has 0 bridgehead atoms. The second-order valence-electron chi connectivity index (χ2n) is 6.77. The number of alkyl halides is 1. The number of aliphatic hydroxyl groups excluding tert-OH is 2. The highest BCUT2D eigenvalue weighted by Crippen LogP contribution is 2.38. The molecule has 0 aromatic heterocycles. The van der Waals surface area contributed by atoms with E-state index in [1.165, 1.54) is 0 Å². The summed E-state index contributed by atoms with van der Waals surface area (Å²) in [7, 11) is 0.